The summed E-state index contributed by atoms with van der Waals surface area (Å²) in [7, 11) is 0. The fraction of sp³-hybridized carbons (Fsp3) is 0.455. The lowest BCUT2D eigenvalue weighted by Gasteiger charge is -2.11. The second kappa shape index (κ2) is 4.12. The fourth-order valence-electron chi connectivity index (χ4n) is 1.94. The number of hydrogen-bond acceptors (Lipinski definition) is 5. The van der Waals surface area contributed by atoms with Crippen LogP contribution in [0, 0.1) is 0 Å². The molecule has 5 nitrogen and oxygen atoms in total. The van der Waals surface area contributed by atoms with Crippen molar-refractivity contribution in [3.63, 3.8) is 0 Å². The van der Waals surface area contributed by atoms with Crippen LogP contribution in [0.2, 0.25) is 0 Å². The Hall–Kier alpha value is -1.40. The molecule has 1 aliphatic rings. The van der Waals surface area contributed by atoms with Gasteiger partial charge in [0, 0.05) is 18.3 Å². The van der Waals surface area contributed by atoms with Crippen molar-refractivity contribution in [1.82, 2.24) is 9.38 Å². The van der Waals surface area contributed by atoms with Gasteiger partial charge in [0.1, 0.15) is 0 Å². The molecule has 1 aliphatic heterocycles. The monoisotopic (exact) mass is 252 g/mol. The first-order chi connectivity index (χ1) is 8.29. The van der Waals surface area contributed by atoms with Crippen molar-refractivity contribution >= 4 is 22.3 Å². The minimum Gasteiger partial charge on any atom is -0.461 e. The fourth-order valence-corrected chi connectivity index (χ4v) is 3.03. The van der Waals surface area contributed by atoms with E-state index in [9.17, 15) is 4.79 Å². The number of imidazole rings is 1. The molecule has 6 heteroatoms. The van der Waals surface area contributed by atoms with E-state index in [-0.39, 0.29) is 5.97 Å². The average Bonchev–Trinajstić information content (AvgIpc) is 2.86. The molecule has 17 heavy (non-hydrogen) atoms. The molecule has 0 spiro atoms. The van der Waals surface area contributed by atoms with Gasteiger partial charge in [-0.05, 0) is 6.92 Å². The second-order valence-corrected chi connectivity index (χ2v) is 4.84. The third kappa shape index (κ3) is 1.73. The van der Waals surface area contributed by atoms with E-state index < -0.39 is 0 Å². The van der Waals surface area contributed by atoms with Crippen molar-refractivity contribution in [3.05, 3.63) is 22.5 Å². The smallest absolute Gasteiger partial charge is 0.358 e. The lowest BCUT2D eigenvalue weighted by molar-refractivity contribution is 0.0520. The van der Waals surface area contributed by atoms with Crippen LogP contribution in [-0.4, -0.2) is 28.6 Å². The standard InChI is InChI=1S/C11H12N2O3S/c1-2-16-10(14)7-5-13-8-3-4-15-6-9(8)17-11(13)12-7/h5H,2-4,6H2,1H3. The van der Waals surface area contributed by atoms with Crippen LogP contribution >= 0.6 is 11.3 Å². The molecule has 0 N–H and O–H groups in total. The van der Waals surface area contributed by atoms with Gasteiger partial charge in [-0.3, -0.25) is 4.40 Å². The number of carbonyl (C=O) groups is 1. The molecular formula is C11H12N2O3S. The molecule has 0 aliphatic carbocycles. The first kappa shape index (κ1) is 10.7. The van der Waals surface area contributed by atoms with E-state index in [0.717, 1.165) is 18.0 Å². The van der Waals surface area contributed by atoms with Gasteiger partial charge >= 0.3 is 5.97 Å². The molecule has 90 valence electrons. The summed E-state index contributed by atoms with van der Waals surface area (Å²) in [5.74, 6) is -0.357. The molecular weight excluding hydrogens is 240 g/mol. The maximum atomic E-state index is 11.6. The van der Waals surface area contributed by atoms with Crippen LogP contribution < -0.4 is 0 Å². The van der Waals surface area contributed by atoms with Gasteiger partial charge in [-0.15, -0.1) is 0 Å². The van der Waals surface area contributed by atoms with Crippen LogP contribution in [0.3, 0.4) is 0 Å². The largest absolute Gasteiger partial charge is 0.461 e. The molecule has 0 unspecified atom stereocenters. The third-order valence-electron chi connectivity index (χ3n) is 2.70. The predicted molar refractivity (Wildman–Crippen MR) is 62.4 cm³/mol. The van der Waals surface area contributed by atoms with Crippen LogP contribution in [0.1, 0.15) is 28.0 Å². The van der Waals surface area contributed by atoms with Crippen molar-refractivity contribution in [3.8, 4) is 0 Å². The lowest BCUT2D eigenvalue weighted by atomic mass is 10.2. The predicted octanol–water partition coefficient (Wildman–Crippen LogP) is 1.65. The number of nitrogens with zero attached hydrogens (tertiary/aromatic N) is 2. The second-order valence-electron chi connectivity index (χ2n) is 3.77. The number of esters is 1. The highest BCUT2D eigenvalue weighted by Gasteiger charge is 2.20. The minimum absolute atomic E-state index is 0.357. The molecule has 3 rings (SSSR count). The topological polar surface area (TPSA) is 52.8 Å². The van der Waals surface area contributed by atoms with E-state index >= 15 is 0 Å². The minimum atomic E-state index is -0.357. The molecule has 0 radical (unpaired) electrons. The molecule has 0 atom stereocenters. The van der Waals surface area contributed by atoms with Gasteiger partial charge in [0.2, 0.25) is 0 Å². The SMILES string of the molecule is CCOC(=O)c1cn2c3c(sc2n1)COCC3. The van der Waals surface area contributed by atoms with E-state index in [0.29, 0.717) is 18.9 Å². The number of fused-ring (bicyclic) bond motifs is 3. The summed E-state index contributed by atoms with van der Waals surface area (Å²) in [5, 5.41) is 0. The van der Waals surface area contributed by atoms with Gasteiger partial charge in [-0.1, -0.05) is 11.3 Å². The third-order valence-corrected chi connectivity index (χ3v) is 3.77. The number of aromatic nitrogens is 2. The zero-order valence-electron chi connectivity index (χ0n) is 9.43. The van der Waals surface area contributed by atoms with Crippen LogP contribution in [0.25, 0.3) is 4.96 Å². The Morgan fingerprint density at radius 2 is 2.59 bits per heavy atom. The van der Waals surface area contributed by atoms with Crippen LogP contribution in [-0.2, 0) is 22.5 Å². The summed E-state index contributed by atoms with van der Waals surface area (Å²) < 4.78 is 12.3. The highest BCUT2D eigenvalue weighted by Crippen LogP contribution is 2.27. The maximum Gasteiger partial charge on any atom is 0.358 e. The number of hydrogen-bond donors (Lipinski definition) is 0. The molecule has 0 fully saturated rings. The molecule has 3 heterocycles. The summed E-state index contributed by atoms with van der Waals surface area (Å²) in [4.78, 5) is 17.9. The van der Waals surface area contributed by atoms with Gasteiger partial charge in [0.25, 0.3) is 0 Å². The van der Waals surface area contributed by atoms with Crippen molar-refractivity contribution in [2.24, 2.45) is 0 Å². The summed E-state index contributed by atoms with van der Waals surface area (Å²) >= 11 is 1.58. The van der Waals surface area contributed by atoms with E-state index in [1.165, 1.54) is 10.6 Å². The summed E-state index contributed by atoms with van der Waals surface area (Å²) in [5.41, 5.74) is 1.59. The van der Waals surface area contributed by atoms with Crippen LogP contribution in [0.15, 0.2) is 6.20 Å². The van der Waals surface area contributed by atoms with Crippen LogP contribution in [0.4, 0.5) is 0 Å². The van der Waals surface area contributed by atoms with E-state index in [4.69, 9.17) is 9.47 Å². The quantitative estimate of drug-likeness (QED) is 0.762. The van der Waals surface area contributed by atoms with Crippen molar-refractivity contribution in [2.75, 3.05) is 13.2 Å². The Bertz CT molecular complexity index is 573. The van der Waals surface area contributed by atoms with Gasteiger partial charge in [-0.25, -0.2) is 9.78 Å². The summed E-state index contributed by atoms with van der Waals surface area (Å²) in [6, 6.07) is 0. The van der Waals surface area contributed by atoms with Crippen molar-refractivity contribution in [1.29, 1.82) is 0 Å². The molecule has 2 aromatic heterocycles. The number of thiazole rings is 1. The van der Waals surface area contributed by atoms with Crippen molar-refractivity contribution < 1.29 is 14.3 Å². The zero-order valence-corrected chi connectivity index (χ0v) is 10.2. The lowest BCUT2D eigenvalue weighted by Crippen LogP contribution is -2.09. The number of carbonyl (C=O) groups excluding carboxylic acids is 1. The Morgan fingerprint density at radius 3 is 3.41 bits per heavy atom. The highest BCUT2D eigenvalue weighted by atomic mass is 32.1. The van der Waals surface area contributed by atoms with Gasteiger partial charge in [-0.2, -0.15) is 0 Å². The highest BCUT2D eigenvalue weighted by molar-refractivity contribution is 7.17. The van der Waals surface area contributed by atoms with Crippen molar-refractivity contribution in [2.45, 2.75) is 20.0 Å². The Morgan fingerprint density at radius 1 is 1.71 bits per heavy atom. The van der Waals surface area contributed by atoms with Gasteiger partial charge in [0.05, 0.1) is 24.7 Å². The van der Waals surface area contributed by atoms with E-state index in [1.807, 2.05) is 4.40 Å². The van der Waals surface area contributed by atoms with Crippen LogP contribution in [0.5, 0.6) is 0 Å². The molecule has 2 aromatic rings. The normalized spacial score (nSPS) is 14.9. The molecule has 0 saturated heterocycles. The summed E-state index contributed by atoms with van der Waals surface area (Å²) in [6.45, 7) is 3.54. The maximum absolute atomic E-state index is 11.6. The Labute approximate surface area is 102 Å². The Balaban J connectivity index is 2.03. The van der Waals surface area contributed by atoms with E-state index in [2.05, 4.69) is 4.98 Å². The van der Waals surface area contributed by atoms with E-state index in [1.54, 1.807) is 24.5 Å². The average molecular weight is 252 g/mol. The molecule has 0 bridgehead atoms. The molecule has 0 amide bonds. The number of rotatable bonds is 2. The first-order valence-electron chi connectivity index (χ1n) is 5.54. The summed E-state index contributed by atoms with van der Waals surface area (Å²) in [6.07, 6.45) is 2.63. The molecule has 0 saturated carbocycles. The first-order valence-corrected chi connectivity index (χ1v) is 6.35. The number of ether oxygens (including phenoxy) is 2. The van der Waals surface area contributed by atoms with Gasteiger partial charge < -0.3 is 9.47 Å². The zero-order chi connectivity index (χ0) is 11.8. The van der Waals surface area contributed by atoms with Gasteiger partial charge in [0.15, 0.2) is 10.7 Å². The Kier molecular flexibility index (Phi) is 2.60. The molecule has 0 aromatic carbocycles.